The Kier molecular flexibility index (Phi) is 7.13. The lowest BCUT2D eigenvalue weighted by Gasteiger charge is -2.09. The lowest BCUT2D eigenvalue weighted by molar-refractivity contribution is -0.112. The second-order valence-electron chi connectivity index (χ2n) is 6.39. The number of hydrogen-bond donors (Lipinski definition) is 4. The molecule has 0 aliphatic rings. The maximum atomic E-state index is 12.5. The van der Waals surface area contributed by atoms with Crippen molar-refractivity contribution in [3.63, 3.8) is 0 Å². The van der Waals surface area contributed by atoms with Gasteiger partial charge in [0.25, 0.3) is 15.9 Å². The van der Waals surface area contributed by atoms with Crippen molar-refractivity contribution in [2.75, 3.05) is 15.5 Å². The smallest absolute Gasteiger partial charge is 0.264 e. The van der Waals surface area contributed by atoms with Crippen LogP contribution < -0.4 is 15.5 Å². The van der Waals surface area contributed by atoms with Crippen LogP contribution in [-0.4, -0.2) is 35.6 Å². The summed E-state index contributed by atoms with van der Waals surface area (Å²) in [6.07, 6.45) is 4.02. The van der Waals surface area contributed by atoms with Crippen molar-refractivity contribution < 1.29 is 18.3 Å². The third kappa shape index (κ3) is 6.12. The van der Waals surface area contributed by atoms with Gasteiger partial charge in [0, 0.05) is 18.1 Å². The molecule has 0 fully saturated rings. The van der Waals surface area contributed by atoms with Crippen LogP contribution in [0.15, 0.2) is 94.4 Å². The lowest BCUT2D eigenvalue weighted by atomic mass is 10.2. The number of anilines is 3. The number of nitrogens with zero attached hydrogens (tertiary/aromatic N) is 3. The normalized spacial score (nSPS) is 12.2. The highest BCUT2D eigenvalue weighted by atomic mass is 32.2. The third-order valence-electron chi connectivity index (χ3n) is 4.01. The fraction of sp³-hybridized carbons (Fsp3) is 0.0476. The van der Waals surface area contributed by atoms with Crippen LogP contribution in [0.3, 0.4) is 0 Å². The van der Waals surface area contributed by atoms with Crippen molar-refractivity contribution in [2.24, 2.45) is 5.10 Å². The summed E-state index contributed by atoms with van der Waals surface area (Å²) in [4.78, 5) is 20.1. The first-order valence-electron chi connectivity index (χ1n) is 9.30. The molecule has 0 saturated heterocycles. The molecule has 3 rings (SSSR count). The number of rotatable bonds is 8. The van der Waals surface area contributed by atoms with Gasteiger partial charge < -0.3 is 10.4 Å². The molecule has 1 aromatic heterocycles. The third-order valence-corrected chi connectivity index (χ3v) is 5.35. The number of carbonyl (C=O) groups excluding carboxylic acids is 1. The highest BCUT2D eigenvalue weighted by Gasteiger charge is 2.16. The minimum Gasteiger partial charge on any atom is -0.512 e. The molecule has 2 aromatic carbocycles. The molecule has 11 heteroatoms. The monoisotopic (exact) mass is 452 g/mol. The van der Waals surface area contributed by atoms with Crippen LogP contribution in [0.4, 0.5) is 17.3 Å². The molecule has 1 heterocycles. The molecule has 1 amide bonds. The fourth-order valence-electron chi connectivity index (χ4n) is 2.45. The van der Waals surface area contributed by atoms with Crippen LogP contribution in [-0.2, 0) is 14.8 Å². The molecule has 0 bridgehead atoms. The van der Waals surface area contributed by atoms with Gasteiger partial charge in [-0.2, -0.15) is 5.10 Å². The van der Waals surface area contributed by atoms with Gasteiger partial charge in [-0.05, 0) is 49.4 Å². The predicted octanol–water partition coefficient (Wildman–Crippen LogP) is 3.15. The van der Waals surface area contributed by atoms with E-state index in [0.29, 0.717) is 11.4 Å². The first-order chi connectivity index (χ1) is 15.3. The molecular formula is C21H20N6O4S. The molecule has 32 heavy (non-hydrogen) atoms. The van der Waals surface area contributed by atoms with Crippen LogP contribution in [0, 0.1) is 0 Å². The number of allylic oxidation sites excluding steroid dienone is 1. The van der Waals surface area contributed by atoms with E-state index in [2.05, 4.69) is 30.5 Å². The summed E-state index contributed by atoms with van der Waals surface area (Å²) >= 11 is 0. The Hall–Kier alpha value is -4.25. The molecule has 0 aliphatic heterocycles. The standard InChI is InChI=1S/C21H20N6O4S/c1-15(28)19(14-24-26-17-6-3-2-4-7-17)20(29)25-16-8-10-18(11-9-16)32(30,31)27-21-22-12-5-13-23-21/h2-14,26,28H,1H3,(H,25,29)(H,22,23,27)/b19-15-,24-14+. The van der Waals surface area contributed by atoms with Gasteiger partial charge in [-0.3, -0.25) is 10.2 Å². The number of sulfonamides is 1. The molecule has 3 aromatic rings. The van der Waals surface area contributed by atoms with Crippen molar-refractivity contribution in [3.8, 4) is 0 Å². The predicted molar refractivity (Wildman–Crippen MR) is 122 cm³/mol. The zero-order valence-corrected chi connectivity index (χ0v) is 17.7. The summed E-state index contributed by atoms with van der Waals surface area (Å²) in [5.74, 6) is -0.899. The van der Waals surface area contributed by atoms with E-state index in [1.165, 1.54) is 49.8 Å². The Balaban J connectivity index is 1.66. The zero-order valence-electron chi connectivity index (χ0n) is 16.9. The van der Waals surface area contributed by atoms with E-state index >= 15 is 0 Å². The van der Waals surface area contributed by atoms with E-state index in [1.54, 1.807) is 18.2 Å². The number of carbonyl (C=O) groups is 1. The highest BCUT2D eigenvalue weighted by Crippen LogP contribution is 2.17. The van der Waals surface area contributed by atoms with Crippen molar-refractivity contribution in [1.82, 2.24) is 9.97 Å². The van der Waals surface area contributed by atoms with Gasteiger partial charge in [0.1, 0.15) is 5.76 Å². The molecule has 164 valence electrons. The number of benzene rings is 2. The largest absolute Gasteiger partial charge is 0.512 e. The Morgan fingerprint density at radius 1 is 0.969 bits per heavy atom. The minimum absolute atomic E-state index is 0.0364. The average molecular weight is 452 g/mol. The number of nitrogens with one attached hydrogen (secondary N) is 3. The fourth-order valence-corrected chi connectivity index (χ4v) is 3.41. The van der Waals surface area contributed by atoms with Gasteiger partial charge in [-0.25, -0.2) is 23.1 Å². The molecule has 0 radical (unpaired) electrons. The topological polar surface area (TPSA) is 146 Å². The maximum absolute atomic E-state index is 12.5. The van der Waals surface area contributed by atoms with Crippen molar-refractivity contribution >= 4 is 39.5 Å². The van der Waals surface area contributed by atoms with Crippen molar-refractivity contribution in [3.05, 3.63) is 84.4 Å². The number of hydrogen-bond acceptors (Lipinski definition) is 8. The lowest BCUT2D eigenvalue weighted by Crippen LogP contribution is -2.18. The second kappa shape index (κ2) is 10.2. The van der Waals surface area contributed by atoms with E-state index in [1.807, 2.05) is 18.2 Å². The Bertz CT molecular complexity index is 1220. The van der Waals surface area contributed by atoms with Crippen molar-refractivity contribution in [1.29, 1.82) is 0 Å². The SMILES string of the molecule is C/C(O)=C(\C=N\Nc1ccccc1)C(=O)Nc1ccc(S(=O)(=O)Nc2ncccn2)cc1. The Morgan fingerprint density at radius 2 is 1.62 bits per heavy atom. The summed E-state index contributed by atoms with van der Waals surface area (Å²) < 4.78 is 27.1. The first-order valence-corrected chi connectivity index (χ1v) is 10.8. The Morgan fingerprint density at radius 3 is 2.25 bits per heavy atom. The molecule has 4 N–H and O–H groups in total. The van der Waals surface area contributed by atoms with Crippen LogP contribution in [0.1, 0.15) is 6.92 Å². The summed E-state index contributed by atoms with van der Waals surface area (Å²) in [5, 5.41) is 16.4. The van der Waals surface area contributed by atoms with Crippen molar-refractivity contribution in [2.45, 2.75) is 11.8 Å². The number of aliphatic hydroxyl groups is 1. The average Bonchev–Trinajstić information content (AvgIpc) is 2.78. The van der Waals surface area contributed by atoms with Gasteiger partial charge in [0.2, 0.25) is 5.95 Å². The van der Waals surface area contributed by atoms with Gasteiger partial charge in [0.15, 0.2) is 0 Å². The molecule has 0 spiro atoms. The summed E-state index contributed by atoms with van der Waals surface area (Å²) in [7, 11) is -3.89. The number of aliphatic hydroxyl groups excluding tert-OH is 1. The van der Waals surface area contributed by atoms with Gasteiger partial charge in [-0.15, -0.1) is 0 Å². The summed E-state index contributed by atoms with van der Waals surface area (Å²) in [6.45, 7) is 1.36. The number of amides is 1. The second-order valence-corrected chi connectivity index (χ2v) is 8.07. The maximum Gasteiger partial charge on any atom is 0.264 e. The highest BCUT2D eigenvalue weighted by molar-refractivity contribution is 7.92. The zero-order chi connectivity index (χ0) is 23.0. The summed E-state index contributed by atoms with van der Waals surface area (Å²) in [5.41, 5.74) is 3.73. The number of hydrazone groups is 1. The van der Waals surface area contributed by atoms with E-state index in [-0.39, 0.29) is 22.2 Å². The molecule has 0 atom stereocenters. The molecular weight excluding hydrogens is 432 g/mol. The van der Waals surface area contributed by atoms with Crippen LogP contribution >= 0.6 is 0 Å². The Labute approximate surface area is 184 Å². The quantitative estimate of drug-likeness (QED) is 0.178. The van der Waals surface area contributed by atoms with Crippen LogP contribution in [0.25, 0.3) is 0 Å². The van der Waals surface area contributed by atoms with Gasteiger partial charge in [0.05, 0.1) is 22.4 Å². The van der Waals surface area contributed by atoms with Gasteiger partial charge in [-0.1, -0.05) is 18.2 Å². The van der Waals surface area contributed by atoms with E-state index in [0.717, 1.165) is 0 Å². The van der Waals surface area contributed by atoms with E-state index < -0.39 is 15.9 Å². The van der Waals surface area contributed by atoms with E-state index in [4.69, 9.17) is 0 Å². The first kappa shape index (κ1) is 22.4. The molecule has 0 saturated carbocycles. The molecule has 0 aliphatic carbocycles. The summed E-state index contributed by atoms with van der Waals surface area (Å²) in [6, 6.07) is 16.1. The van der Waals surface area contributed by atoms with E-state index in [9.17, 15) is 18.3 Å². The minimum atomic E-state index is -3.89. The number of para-hydroxylation sites is 1. The van der Waals surface area contributed by atoms with Crippen LogP contribution in [0.2, 0.25) is 0 Å². The molecule has 0 unspecified atom stereocenters. The van der Waals surface area contributed by atoms with Gasteiger partial charge >= 0.3 is 0 Å². The van der Waals surface area contributed by atoms with Crippen LogP contribution in [0.5, 0.6) is 0 Å². The molecule has 10 nitrogen and oxygen atoms in total. The number of aromatic nitrogens is 2.